The van der Waals surface area contributed by atoms with Crippen molar-refractivity contribution in [3.05, 3.63) is 271 Å². The number of halogens is 9. The van der Waals surface area contributed by atoms with Crippen LogP contribution >= 0.6 is 125 Å². The standard InChI is InChI=1S/C20H20Cl2O2.C20H21ClO3.C17H25BO4.C11H10BrClO2.C9H8BrClO.C8H17O5P.C7H4BrClO/c1-20(2,3)24-19(23)16-7-4-6-15(12-16)18-13-17(22)10-9-14(18)8-5-11-21;1-20(2,3)24-19(23)16-7-4-6-15(12-16)18-13-17(21)10-9-14(18)8-5-11-22;1-15(2,3)20-14(19)12-9-8-10-13(11-12)18-21-16(4,5)17(6,7)22-18;1-2-15-11(14)6-4-8-3-5-9(13)7-10(8)12;10-9-6-8(11)4-3-7(9)2-1-5-12;1-4-11-8(9)7-14(10,12-5-2)13-6-3;8-7-3-6(9)2-1-5(7)4-10/h4-10,12-13H,11H2,1-3H3;4-10,12-13,22H,11H2,1-3H3;8-11H,1-7H3;3-7H,2H2,1H3;1-4,6,12H,5H2;4-7H2,1-3H3;1-4H/b2*8-5+;;6-4+;2-1+;;. The van der Waals surface area contributed by atoms with Gasteiger partial charge in [-0.2, -0.15) is 0 Å². The number of hydrogen-bond donors (Lipinski definition) is 2. The molecular formula is C92H105BBr3Cl6O18P. The second-order valence-corrected chi connectivity index (χ2v) is 36.8. The van der Waals surface area contributed by atoms with Gasteiger partial charge in [0.05, 0.1) is 67.5 Å². The molecule has 121 heavy (non-hydrogen) atoms. The summed E-state index contributed by atoms with van der Waals surface area (Å²) in [6.45, 7) is 32.6. The van der Waals surface area contributed by atoms with E-state index in [-0.39, 0.29) is 63.1 Å². The van der Waals surface area contributed by atoms with Gasteiger partial charge in [0.2, 0.25) is 0 Å². The summed E-state index contributed by atoms with van der Waals surface area (Å²) >= 11 is 45.1. The molecule has 29 heteroatoms. The van der Waals surface area contributed by atoms with Crippen molar-refractivity contribution in [2.45, 2.75) is 146 Å². The molecule has 0 bridgehead atoms. The fraction of sp³-hybridized carbons (Fsp3) is 0.326. The molecule has 8 aromatic carbocycles. The van der Waals surface area contributed by atoms with E-state index >= 15 is 0 Å². The van der Waals surface area contributed by atoms with Crippen molar-refractivity contribution in [1.29, 1.82) is 0 Å². The Hall–Kier alpha value is -7.03. The third-order valence-electron chi connectivity index (χ3n) is 15.9. The Bertz CT molecular complexity index is 4740. The van der Waals surface area contributed by atoms with E-state index in [1.54, 1.807) is 113 Å². The largest absolute Gasteiger partial charge is 0.494 e. The normalized spacial score (nSPS) is 12.8. The molecule has 0 atom stereocenters. The zero-order valence-electron chi connectivity index (χ0n) is 70.8. The van der Waals surface area contributed by atoms with Crippen LogP contribution in [0.5, 0.6) is 0 Å². The highest BCUT2D eigenvalue weighted by Crippen LogP contribution is 2.48. The lowest BCUT2D eigenvalue weighted by molar-refractivity contribution is -0.140. The predicted octanol–water partition coefficient (Wildman–Crippen LogP) is 25.6. The molecular weight excluding hydrogens is 1890 g/mol. The molecule has 2 N–H and O–H groups in total. The third kappa shape index (κ3) is 41.1. The highest BCUT2D eigenvalue weighted by Gasteiger charge is 2.52. The maximum atomic E-state index is 12.3. The van der Waals surface area contributed by atoms with E-state index in [1.165, 1.54) is 6.08 Å². The van der Waals surface area contributed by atoms with E-state index in [4.69, 9.17) is 117 Å². The van der Waals surface area contributed by atoms with Gasteiger partial charge in [0.15, 0.2) is 6.29 Å². The second kappa shape index (κ2) is 53.3. The van der Waals surface area contributed by atoms with Gasteiger partial charge in [-0.25, -0.2) is 19.2 Å². The fourth-order valence-electron chi connectivity index (χ4n) is 9.91. The van der Waals surface area contributed by atoms with Gasteiger partial charge in [0.25, 0.3) is 0 Å². The Kier molecular flexibility index (Phi) is 47.7. The SMILES string of the molecule is CC(C)(C)OC(=O)c1cccc(-c2cc(Cl)ccc2/C=C/CCl)c1.CC(C)(C)OC(=O)c1cccc(-c2cc(Cl)ccc2/C=C/CO)c1.CC(C)(C)OC(=O)c1cccc(B2OC(C)(C)C(C)(C)O2)c1.CCOC(=O)/C=C/c1ccc(Cl)cc1Br.CCOC(=O)CP(=O)(OCC)OCC.O=Cc1ccc(Cl)cc1Br.OC/C=C/c1ccc(Cl)cc1Br. The summed E-state index contributed by atoms with van der Waals surface area (Å²) in [5.41, 5.74) is 7.91. The van der Waals surface area contributed by atoms with E-state index in [2.05, 4.69) is 52.5 Å². The molecule has 1 heterocycles. The van der Waals surface area contributed by atoms with Gasteiger partial charge in [0, 0.05) is 56.1 Å². The van der Waals surface area contributed by atoms with E-state index in [0.29, 0.717) is 59.9 Å². The van der Waals surface area contributed by atoms with Crippen LogP contribution in [0.2, 0.25) is 25.1 Å². The first-order valence-electron chi connectivity index (χ1n) is 38.1. The average molecular weight is 1990 g/mol. The number of aliphatic hydroxyl groups is 2. The van der Waals surface area contributed by atoms with Crippen molar-refractivity contribution in [3.63, 3.8) is 0 Å². The Labute approximate surface area is 768 Å². The summed E-state index contributed by atoms with van der Waals surface area (Å²) in [5, 5.41) is 20.7. The number of aliphatic hydroxyl groups excluding tert-OH is 2. The molecule has 1 aliphatic heterocycles. The zero-order valence-corrected chi connectivity index (χ0v) is 81.0. The molecule has 1 saturated heterocycles. The van der Waals surface area contributed by atoms with Gasteiger partial charge in [0.1, 0.15) is 23.0 Å². The quantitative estimate of drug-likeness (QED) is 0.0115. The molecule has 18 nitrogen and oxygen atoms in total. The van der Waals surface area contributed by atoms with Crippen LogP contribution < -0.4 is 5.46 Å². The van der Waals surface area contributed by atoms with Crippen molar-refractivity contribution < 1.29 is 85.6 Å². The van der Waals surface area contributed by atoms with Gasteiger partial charge >= 0.3 is 44.6 Å². The first kappa shape index (κ1) is 108. The lowest BCUT2D eigenvalue weighted by Crippen LogP contribution is -2.41. The predicted molar refractivity (Wildman–Crippen MR) is 504 cm³/mol. The molecule has 8 aromatic rings. The van der Waals surface area contributed by atoms with Gasteiger partial charge in [-0.05, 0) is 277 Å². The molecule has 9 rings (SSSR count). The van der Waals surface area contributed by atoms with Gasteiger partial charge in [-0.15, -0.1) is 11.6 Å². The Morgan fingerprint density at radius 1 is 0.455 bits per heavy atom. The average Bonchev–Trinajstić information content (AvgIpc) is 1.62. The Balaban J connectivity index is 0.000000372. The highest BCUT2D eigenvalue weighted by atomic mass is 79.9. The number of carbonyl (C=O) groups excluding carboxylic acids is 6. The molecule has 0 radical (unpaired) electrons. The monoisotopic (exact) mass is 1990 g/mol. The topological polar surface area (TPSA) is 243 Å². The van der Waals surface area contributed by atoms with Crippen LogP contribution in [-0.4, -0.2) is 133 Å². The Morgan fingerprint density at radius 2 is 0.802 bits per heavy atom. The van der Waals surface area contributed by atoms with Gasteiger partial charge < -0.3 is 52.3 Å². The summed E-state index contributed by atoms with van der Waals surface area (Å²) in [5.74, 6) is -1.52. The number of aldehydes is 1. The lowest BCUT2D eigenvalue weighted by Gasteiger charge is -2.32. The number of esters is 5. The van der Waals surface area contributed by atoms with Crippen LogP contribution in [0.25, 0.3) is 46.6 Å². The van der Waals surface area contributed by atoms with Crippen molar-refractivity contribution in [2.24, 2.45) is 0 Å². The number of carbonyl (C=O) groups is 6. The van der Waals surface area contributed by atoms with E-state index < -0.39 is 48.7 Å². The summed E-state index contributed by atoms with van der Waals surface area (Å²) in [7, 11) is -3.76. The maximum Gasteiger partial charge on any atom is 0.494 e. The highest BCUT2D eigenvalue weighted by molar-refractivity contribution is 9.11. The number of alkyl halides is 1. The Morgan fingerprint density at radius 3 is 1.16 bits per heavy atom. The molecule has 652 valence electrons. The van der Waals surface area contributed by atoms with Crippen LogP contribution in [-0.2, 0) is 56.2 Å². The third-order valence-corrected chi connectivity index (χ3v) is 21.2. The molecule has 0 spiro atoms. The van der Waals surface area contributed by atoms with Crippen LogP contribution in [0.1, 0.15) is 181 Å². The first-order chi connectivity index (χ1) is 56.7. The van der Waals surface area contributed by atoms with Crippen LogP contribution in [0.3, 0.4) is 0 Å². The zero-order chi connectivity index (χ0) is 91.1. The molecule has 0 unspecified atom stereocenters. The van der Waals surface area contributed by atoms with E-state index in [9.17, 15) is 33.3 Å². The lowest BCUT2D eigenvalue weighted by atomic mass is 9.78. The second-order valence-electron chi connectivity index (χ2n) is 29.7. The molecule has 1 fully saturated rings. The first-order valence-corrected chi connectivity index (χ1v) is 44.6. The van der Waals surface area contributed by atoms with Crippen LogP contribution in [0.4, 0.5) is 0 Å². The fourth-order valence-corrected chi connectivity index (χ4v) is 14.2. The van der Waals surface area contributed by atoms with Gasteiger partial charge in [-0.3, -0.25) is 14.2 Å². The maximum absolute atomic E-state index is 12.3. The summed E-state index contributed by atoms with van der Waals surface area (Å²) in [4.78, 5) is 69.1. The van der Waals surface area contributed by atoms with Gasteiger partial charge in [-0.1, -0.05) is 203 Å². The minimum absolute atomic E-state index is 0.0417. The smallest absolute Gasteiger partial charge is 0.466 e. The number of ether oxygens (including phenoxy) is 5. The molecule has 0 aromatic heterocycles. The summed E-state index contributed by atoms with van der Waals surface area (Å²) in [6.07, 6.45) is 14.3. The van der Waals surface area contributed by atoms with E-state index in [0.717, 1.165) is 69.7 Å². The molecule has 0 aliphatic carbocycles. The van der Waals surface area contributed by atoms with Crippen molar-refractivity contribution in [2.75, 3.05) is 51.7 Å². The molecule has 0 saturated carbocycles. The number of hydrogen-bond acceptors (Lipinski definition) is 18. The van der Waals surface area contributed by atoms with Crippen LogP contribution in [0.15, 0.2) is 202 Å². The molecule has 1 aliphatic rings. The van der Waals surface area contributed by atoms with Crippen molar-refractivity contribution >= 4 is 198 Å². The minimum Gasteiger partial charge on any atom is -0.466 e. The minimum atomic E-state index is -3.28. The number of benzene rings is 8. The summed E-state index contributed by atoms with van der Waals surface area (Å²) in [6, 6.07) is 48.9. The number of allylic oxidation sites excluding steroid dienone is 1. The van der Waals surface area contributed by atoms with E-state index in [1.807, 2.05) is 211 Å². The van der Waals surface area contributed by atoms with Crippen molar-refractivity contribution in [3.8, 4) is 22.3 Å². The van der Waals surface area contributed by atoms with Crippen LogP contribution in [0, 0.1) is 0 Å². The number of rotatable bonds is 23. The summed E-state index contributed by atoms with van der Waals surface area (Å²) < 4.78 is 61.8. The van der Waals surface area contributed by atoms with Crippen molar-refractivity contribution in [1.82, 2.24) is 0 Å². The molecule has 0 amide bonds.